The van der Waals surface area contributed by atoms with E-state index in [1.807, 2.05) is 54.6 Å². The Hall–Kier alpha value is -3.99. The van der Waals surface area contributed by atoms with Crippen molar-refractivity contribution >= 4 is 43.4 Å². The van der Waals surface area contributed by atoms with E-state index < -0.39 is 10.0 Å². The highest BCUT2D eigenvalue weighted by Crippen LogP contribution is 2.32. The van der Waals surface area contributed by atoms with E-state index in [1.165, 1.54) is 39.9 Å². The van der Waals surface area contributed by atoms with Gasteiger partial charge in [-0.2, -0.15) is 4.31 Å². The van der Waals surface area contributed by atoms with Crippen molar-refractivity contribution < 1.29 is 22.4 Å². The van der Waals surface area contributed by atoms with Gasteiger partial charge in [-0.05, 0) is 54.1 Å². The van der Waals surface area contributed by atoms with Crippen LogP contribution in [0.15, 0.2) is 93.6 Å². The zero-order valence-corrected chi connectivity index (χ0v) is 22.4. The van der Waals surface area contributed by atoms with Crippen LogP contribution in [0.25, 0.3) is 22.4 Å². The van der Waals surface area contributed by atoms with Crippen LogP contribution in [0.5, 0.6) is 5.75 Å². The van der Waals surface area contributed by atoms with Crippen molar-refractivity contribution in [2.75, 3.05) is 19.0 Å². The fraction of sp³-hybridized carbons (Fsp3) is 0.143. The summed E-state index contributed by atoms with van der Waals surface area (Å²) in [7, 11) is -2.11. The van der Waals surface area contributed by atoms with Crippen molar-refractivity contribution in [3.8, 4) is 17.2 Å². The van der Waals surface area contributed by atoms with Crippen molar-refractivity contribution in [3.63, 3.8) is 0 Å². The molecular formula is C28H25N3O5S2. The molecule has 3 aromatic carbocycles. The zero-order chi connectivity index (χ0) is 26.7. The van der Waals surface area contributed by atoms with Gasteiger partial charge >= 0.3 is 0 Å². The summed E-state index contributed by atoms with van der Waals surface area (Å²) in [5.74, 6) is 0.921. The topological polar surface area (TPSA) is 102 Å². The maximum Gasteiger partial charge on any atom is 0.257 e. The number of carbonyl (C=O) groups excluding carboxylic acids is 1. The van der Waals surface area contributed by atoms with Crippen LogP contribution in [0.4, 0.5) is 5.13 Å². The Labute approximate surface area is 224 Å². The van der Waals surface area contributed by atoms with Crippen molar-refractivity contribution in [2.24, 2.45) is 0 Å². The Morgan fingerprint density at radius 2 is 1.82 bits per heavy atom. The molecule has 0 aliphatic heterocycles. The van der Waals surface area contributed by atoms with Gasteiger partial charge in [0, 0.05) is 29.4 Å². The minimum atomic E-state index is -3.72. The van der Waals surface area contributed by atoms with Crippen molar-refractivity contribution in [2.45, 2.75) is 18.4 Å². The van der Waals surface area contributed by atoms with Crippen LogP contribution in [-0.2, 0) is 16.6 Å². The van der Waals surface area contributed by atoms with Gasteiger partial charge in [-0.15, -0.1) is 11.3 Å². The second-order valence-electron chi connectivity index (χ2n) is 8.45. The standard InChI is InChI=1S/C28H25N3O5S2/c1-3-31(17-19-7-5-4-6-8-19)38(33,34)23-12-9-20(10-13-23)27(32)30-28-29-24(18-37-28)26-16-21-15-22(35-2)11-14-25(21)36-26/h4-16,18H,3,17H2,1-2H3,(H,29,30,32). The number of methoxy groups -OCH3 is 1. The first kappa shape index (κ1) is 25.7. The number of sulfonamides is 1. The van der Waals surface area contributed by atoms with Crippen LogP contribution >= 0.6 is 11.3 Å². The number of hydrogen-bond acceptors (Lipinski definition) is 7. The highest BCUT2D eigenvalue weighted by atomic mass is 32.2. The molecule has 0 bridgehead atoms. The summed E-state index contributed by atoms with van der Waals surface area (Å²) in [5.41, 5.74) is 2.53. The highest BCUT2D eigenvalue weighted by Gasteiger charge is 2.23. The van der Waals surface area contributed by atoms with Crippen molar-refractivity contribution in [1.29, 1.82) is 0 Å². The molecule has 2 heterocycles. The minimum absolute atomic E-state index is 0.130. The Morgan fingerprint density at radius 1 is 1.05 bits per heavy atom. The van der Waals surface area contributed by atoms with Crippen molar-refractivity contribution in [3.05, 3.63) is 95.4 Å². The van der Waals surface area contributed by atoms with Gasteiger partial charge in [0.25, 0.3) is 5.91 Å². The molecule has 5 rings (SSSR count). The number of rotatable bonds is 9. The quantitative estimate of drug-likeness (QED) is 0.242. The number of fused-ring (bicyclic) bond motifs is 1. The third-order valence-electron chi connectivity index (χ3n) is 6.01. The summed E-state index contributed by atoms with van der Waals surface area (Å²) in [6, 6.07) is 22.7. The first-order valence-electron chi connectivity index (χ1n) is 11.9. The molecule has 5 aromatic rings. The number of nitrogens with one attached hydrogen (secondary N) is 1. The lowest BCUT2D eigenvalue weighted by molar-refractivity contribution is 0.102. The zero-order valence-electron chi connectivity index (χ0n) is 20.7. The van der Waals surface area contributed by atoms with E-state index >= 15 is 0 Å². The molecule has 2 aromatic heterocycles. The fourth-order valence-electron chi connectivity index (χ4n) is 3.97. The molecule has 0 fully saturated rings. The van der Waals surface area contributed by atoms with E-state index in [9.17, 15) is 13.2 Å². The monoisotopic (exact) mass is 547 g/mol. The number of amides is 1. The number of benzene rings is 3. The Balaban J connectivity index is 1.28. The molecular weight excluding hydrogens is 522 g/mol. The number of hydrogen-bond donors (Lipinski definition) is 1. The summed E-state index contributed by atoms with van der Waals surface area (Å²) < 4.78 is 38.9. The SMILES string of the molecule is CCN(Cc1ccccc1)S(=O)(=O)c1ccc(C(=O)Nc2nc(-c3cc4cc(OC)ccc4o3)cs2)cc1. The third kappa shape index (κ3) is 5.33. The van der Waals surface area contributed by atoms with Gasteiger partial charge in [-0.1, -0.05) is 37.3 Å². The third-order valence-corrected chi connectivity index (χ3v) is 8.70. The van der Waals surface area contributed by atoms with Crippen molar-refractivity contribution in [1.82, 2.24) is 9.29 Å². The molecule has 0 saturated heterocycles. The average molecular weight is 548 g/mol. The second kappa shape index (κ2) is 10.8. The average Bonchev–Trinajstić information content (AvgIpc) is 3.58. The summed E-state index contributed by atoms with van der Waals surface area (Å²) in [6.45, 7) is 2.39. The fourth-order valence-corrected chi connectivity index (χ4v) is 6.10. The van der Waals surface area contributed by atoms with Gasteiger partial charge in [0.05, 0.1) is 12.0 Å². The van der Waals surface area contributed by atoms with Gasteiger partial charge in [-0.3, -0.25) is 10.1 Å². The predicted octanol–water partition coefficient (Wildman–Crippen LogP) is 6.03. The van der Waals surface area contributed by atoms with Crippen LogP contribution in [0.1, 0.15) is 22.8 Å². The molecule has 0 saturated carbocycles. The van der Waals surface area contributed by atoms with E-state index in [0.717, 1.165) is 16.7 Å². The van der Waals surface area contributed by atoms with Crippen LogP contribution in [0.3, 0.4) is 0 Å². The lowest BCUT2D eigenvalue weighted by Crippen LogP contribution is -2.30. The van der Waals surface area contributed by atoms with E-state index in [1.54, 1.807) is 19.4 Å². The van der Waals surface area contributed by atoms with E-state index in [0.29, 0.717) is 34.3 Å². The van der Waals surface area contributed by atoms with E-state index in [4.69, 9.17) is 9.15 Å². The number of aromatic nitrogens is 1. The number of furan rings is 1. The lowest BCUT2D eigenvalue weighted by atomic mass is 10.2. The Morgan fingerprint density at radius 3 is 2.53 bits per heavy atom. The molecule has 0 radical (unpaired) electrons. The minimum Gasteiger partial charge on any atom is -0.497 e. The molecule has 0 unspecified atom stereocenters. The number of carbonyl (C=O) groups is 1. The normalized spacial score (nSPS) is 11.7. The molecule has 1 amide bonds. The molecule has 1 N–H and O–H groups in total. The Bertz CT molecular complexity index is 1680. The van der Waals surface area contributed by atoms with E-state index in [2.05, 4.69) is 10.3 Å². The number of thiazole rings is 1. The summed E-state index contributed by atoms with van der Waals surface area (Å²) in [4.78, 5) is 17.4. The van der Waals surface area contributed by atoms with Gasteiger partial charge in [-0.25, -0.2) is 13.4 Å². The maximum atomic E-state index is 13.2. The predicted molar refractivity (Wildman–Crippen MR) is 148 cm³/mol. The van der Waals surface area contributed by atoms with Crippen LogP contribution in [0, 0.1) is 0 Å². The molecule has 0 aliphatic rings. The van der Waals surface area contributed by atoms with Gasteiger partial charge in [0.15, 0.2) is 10.9 Å². The largest absolute Gasteiger partial charge is 0.497 e. The van der Waals surface area contributed by atoms with Gasteiger partial charge in [0.2, 0.25) is 10.0 Å². The second-order valence-corrected chi connectivity index (χ2v) is 11.2. The molecule has 194 valence electrons. The number of ether oxygens (including phenoxy) is 1. The maximum absolute atomic E-state index is 13.2. The smallest absolute Gasteiger partial charge is 0.257 e. The number of anilines is 1. The Kier molecular flexibility index (Phi) is 7.28. The van der Waals surface area contributed by atoms with Crippen LogP contribution in [0.2, 0.25) is 0 Å². The highest BCUT2D eigenvalue weighted by molar-refractivity contribution is 7.89. The first-order valence-corrected chi connectivity index (χ1v) is 14.2. The van der Waals surface area contributed by atoms with E-state index in [-0.39, 0.29) is 17.3 Å². The first-order chi connectivity index (χ1) is 18.4. The molecule has 8 nitrogen and oxygen atoms in total. The van der Waals surface area contributed by atoms with Gasteiger partial charge in [0.1, 0.15) is 17.0 Å². The van der Waals surface area contributed by atoms with Crippen LogP contribution < -0.4 is 10.1 Å². The summed E-state index contributed by atoms with van der Waals surface area (Å²) in [6.07, 6.45) is 0. The molecule has 0 atom stereocenters. The van der Waals surface area contributed by atoms with Crippen LogP contribution in [-0.4, -0.2) is 37.3 Å². The molecule has 38 heavy (non-hydrogen) atoms. The number of nitrogens with zero attached hydrogens (tertiary/aromatic N) is 2. The van der Waals surface area contributed by atoms with Gasteiger partial charge < -0.3 is 9.15 Å². The molecule has 0 aliphatic carbocycles. The molecule has 10 heteroatoms. The molecule has 0 spiro atoms. The summed E-state index contributed by atoms with van der Waals surface area (Å²) in [5, 5.41) is 5.86. The summed E-state index contributed by atoms with van der Waals surface area (Å²) >= 11 is 1.27. The lowest BCUT2D eigenvalue weighted by Gasteiger charge is -2.20.